The van der Waals surface area contributed by atoms with E-state index in [0.717, 1.165) is 31.4 Å². The molecule has 27 heavy (non-hydrogen) atoms. The molecule has 0 spiro atoms. The highest BCUT2D eigenvalue weighted by atomic mass is 16.6. The Morgan fingerprint density at radius 3 is 1.70 bits per heavy atom. The van der Waals surface area contributed by atoms with Gasteiger partial charge < -0.3 is 9.90 Å². The first kappa shape index (κ1) is 22.5. The van der Waals surface area contributed by atoms with Crippen molar-refractivity contribution in [1.29, 1.82) is 0 Å². The van der Waals surface area contributed by atoms with Gasteiger partial charge in [0.1, 0.15) is 0 Å². The van der Waals surface area contributed by atoms with E-state index in [1.54, 1.807) is 0 Å². The third-order valence-electron chi connectivity index (χ3n) is 4.67. The highest BCUT2D eigenvalue weighted by Gasteiger charge is 2.43. The molecule has 0 heterocycles. The molecular formula is C18H27N3O6. The van der Waals surface area contributed by atoms with E-state index in [4.69, 9.17) is 0 Å². The molecule has 1 aromatic carbocycles. The van der Waals surface area contributed by atoms with Crippen molar-refractivity contribution < 1.29 is 19.7 Å². The van der Waals surface area contributed by atoms with Gasteiger partial charge in [0.05, 0.1) is 35.5 Å². The number of benzene rings is 1. The molecule has 150 valence electrons. The molecule has 0 saturated carbocycles. The third-order valence-corrected chi connectivity index (χ3v) is 4.67. The molecule has 0 aromatic heterocycles. The number of unbranched alkanes of at least 4 members (excludes halogenated alkanes) is 2. The minimum absolute atomic E-state index is 0.00481. The zero-order chi connectivity index (χ0) is 20.6. The van der Waals surface area contributed by atoms with Crippen LogP contribution in [0, 0.1) is 20.2 Å². The summed E-state index contributed by atoms with van der Waals surface area (Å²) < 4.78 is 0.104. The number of hydrogen-bond acceptors (Lipinski definition) is 6. The SMILES string of the molecule is CCCCC[N+](CCC)(CCC)c1c([N+](=O)[O-])cc(C(=O)[O-])cc1[N+](=O)[O-]. The smallest absolute Gasteiger partial charge is 0.337 e. The van der Waals surface area contributed by atoms with Crippen molar-refractivity contribution in [2.75, 3.05) is 19.6 Å². The number of carbonyl (C=O) groups is 1. The lowest BCUT2D eigenvalue weighted by molar-refractivity contribution is -0.394. The summed E-state index contributed by atoms with van der Waals surface area (Å²) in [6.07, 6.45) is 4.00. The Hall–Kier alpha value is -2.55. The molecular weight excluding hydrogens is 354 g/mol. The Morgan fingerprint density at radius 2 is 1.37 bits per heavy atom. The maximum absolute atomic E-state index is 11.7. The highest BCUT2D eigenvalue weighted by Crippen LogP contribution is 2.43. The molecule has 0 saturated heterocycles. The molecule has 9 nitrogen and oxygen atoms in total. The summed E-state index contributed by atoms with van der Waals surface area (Å²) in [5.74, 6) is -1.68. The second-order valence-electron chi connectivity index (χ2n) is 6.69. The van der Waals surface area contributed by atoms with E-state index < -0.39 is 32.8 Å². The molecule has 1 aromatic rings. The Bertz CT molecular complexity index is 663. The van der Waals surface area contributed by atoms with E-state index in [-0.39, 0.29) is 10.2 Å². The van der Waals surface area contributed by atoms with Gasteiger partial charge in [-0.15, -0.1) is 0 Å². The number of nitrogens with zero attached hydrogens (tertiary/aromatic N) is 3. The van der Waals surface area contributed by atoms with Crippen LogP contribution in [0.3, 0.4) is 0 Å². The van der Waals surface area contributed by atoms with Gasteiger partial charge >= 0.3 is 11.4 Å². The first-order valence-corrected chi connectivity index (χ1v) is 9.28. The number of nitro benzene ring substituents is 2. The number of carboxylic acids is 1. The molecule has 0 unspecified atom stereocenters. The van der Waals surface area contributed by atoms with Gasteiger partial charge in [-0.2, -0.15) is 0 Å². The number of hydrogen-bond donors (Lipinski definition) is 0. The Morgan fingerprint density at radius 1 is 0.889 bits per heavy atom. The number of nitro groups is 2. The number of carbonyl (C=O) groups excluding carboxylic acids is 1. The second-order valence-corrected chi connectivity index (χ2v) is 6.69. The van der Waals surface area contributed by atoms with E-state index in [2.05, 4.69) is 0 Å². The van der Waals surface area contributed by atoms with Crippen LogP contribution in [0.5, 0.6) is 0 Å². The minimum Gasteiger partial charge on any atom is -0.545 e. The highest BCUT2D eigenvalue weighted by molar-refractivity contribution is 5.91. The van der Waals surface area contributed by atoms with Crippen molar-refractivity contribution in [3.8, 4) is 0 Å². The van der Waals surface area contributed by atoms with Gasteiger partial charge in [-0.1, -0.05) is 27.2 Å². The predicted molar refractivity (Wildman–Crippen MR) is 101 cm³/mol. The first-order chi connectivity index (χ1) is 12.7. The largest absolute Gasteiger partial charge is 0.545 e. The van der Waals surface area contributed by atoms with E-state index in [1.165, 1.54) is 0 Å². The average molecular weight is 381 g/mol. The quantitative estimate of drug-likeness (QED) is 0.237. The molecule has 0 N–H and O–H groups in total. The Labute approximate surface area is 158 Å². The lowest BCUT2D eigenvalue weighted by Crippen LogP contribution is -2.52. The third kappa shape index (κ3) is 5.22. The summed E-state index contributed by atoms with van der Waals surface area (Å²) in [5.41, 5.74) is -1.62. The molecule has 0 amide bonds. The van der Waals surface area contributed by atoms with Gasteiger partial charge in [-0.05, 0) is 25.7 Å². The van der Waals surface area contributed by atoms with Crippen LogP contribution >= 0.6 is 0 Å². The molecule has 0 aliphatic heterocycles. The Kier molecular flexibility index (Phi) is 8.30. The van der Waals surface area contributed by atoms with Crippen LogP contribution in [0.15, 0.2) is 12.1 Å². The van der Waals surface area contributed by atoms with E-state index in [1.807, 2.05) is 20.8 Å². The summed E-state index contributed by atoms with van der Waals surface area (Å²) >= 11 is 0. The zero-order valence-corrected chi connectivity index (χ0v) is 16.1. The van der Waals surface area contributed by atoms with Gasteiger partial charge in [0.25, 0.3) is 5.69 Å². The van der Waals surface area contributed by atoms with E-state index in [0.29, 0.717) is 32.5 Å². The number of rotatable bonds is 12. The summed E-state index contributed by atoms with van der Waals surface area (Å²) in [4.78, 5) is 33.2. The standard InChI is InChI=1S/C18H27N3O6/c1-4-7-8-11-21(9-5-2,10-6-3)17-15(19(24)25)12-14(18(22)23)13-16(17)20(26)27/h12-13H,4-11H2,1-3H3. The van der Waals surface area contributed by atoms with Gasteiger partial charge in [0.2, 0.25) is 0 Å². The zero-order valence-electron chi connectivity index (χ0n) is 16.1. The minimum atomic E-state index is -1.68. The van der Waals surface area contributed by atoms with E-state index in [9.17, 15) is 30.1 Å². The van der Waals surface area contributed by atoms with Crippen LogP contribution in [0.4, 0.5) is 17.1 Å². The first-order valence-electron chi connectivity index (χ1n) is 9.28. The van der Waals surface area contributed by atoms with Gasteiger partial charge in [-0.25, -0.2) is 0 Å². The van der Waals surface area contributed by atoms with Crippen molar-refractivity contribution in [2.24, 2.45) is 0 Å². The van der Waals surface area contributed by atoms with E-state index >= 15 is 0 Å². The predicted octanol–water partition coefficient (Wildman–Crippen LogP) is 3.18. The van der Waals surface area contributed by atoms with Gasteiger partial charge in [0.15, 0.2) is 0 Å². The monoisotopic (exact) mass is 381 g/mol. The molecule has 0 aliphatic carbocycles. The van der Waals surface area contributed by atoms with Crippen LogP contribution in [0.25, 0.3) is 0 Å². The fourth-order valence-corrected chi connectivity index (χ4v) is 3.68. The summed E-state index contributed by atoms with van der Waals surface area (Å²) in [6, 6.07) is 1.77. The molecule has 9 heteroatoms. The van der Waals surface area contributed by atoms with Crippen molar-refractivity contribution in [1.82, 2.24) is 4.48 Å². The van der Waals surface area contributed by atoms with Crippen LogP contribution in [0.2, 0.25) is 0 Å². The van der Waals surface area contributed by atoms with Crippen molar-refractivity contribution in [2.45, 2.75) is 52.9 Å². The summed E-state index contributed by atoms with van der Waals surface area (Å²) in [6.45, 7) is 7.43. The normalized spacial score (nSPS) is 11.4. The van der Waals surface area contributed by atoms with Crippen LogP contribution in [0.1, 0.15) is 63.2 Å². The molecule has 1 rings (SSSR count). The number of aromatic carboxylic acids is 1. The van der Waals surface area contributed by atoms with Gasteiger partial charge in [-0.3, -0.25) is 24.7 Å². The lowest BCUT2D eigenvalue weighted by atomic mass is 10.0. The Balaban J connectivity index is 3.82. The van der Waals surface area contributed by atoms with Crippen molar-refractivity contribution in [3.63, 3.8) is 0 Å². The number of quaternary nitrogens is 1. The maximum atomic E-state index is 11.7. The van der Waals surface area contributed by atoms with Crippen LogP contribution < -0.4 is 9.59 Å². The van der Waals surface area contributed by atoms with Gasteiger partial charge in [0, 0.05) is 17.7 Å². The van der Waals surface area contributed by atoms with Crippen molar-refractivity contribution in [3.05, 3.63) is 37.9 Å². The number of carboxylic acid groups (broad SMARTS) is 1. The summed E-state index contributed by atoms with van der Waals surface area (Å²) in [5, 5.41) is 34.6. The molecule has 0 atom stereocenters. The molecule has 0 bridgehead atoms. The maximum Gasteiger partial charge on any atom is 0.337 e. The van der Waals surface area contributed by atoms with Crippen molar-refractivity contribution >= 4 is 23.0 Å². The summed E-state index contributed by atoms with van der Waals surface area (Å²) in [7, 11) is 0. The fourth-order valence-electron chi connectivity index (χ4n) is 3.68. The average Bonchev–Trinajstić information content (AvgIpc) is 2.60. The fraction of sp³-hybridized carbons (Fsp3) is 0.611. The molecule has 0 fully saturated rings. The molecule has 0 radical (unpaired) electrons. The second kappa shape index (κ2) is 9.96. The molecule has 0 aliphatic rings. The van der Waals surface area contributed by atoms with Crippen LogP contribution in [-0.4, -0.2) is 35.5 Å². The lowest BCUT2D eigenvalue weighted by Gasteiger charge is -2.37. The van der Waals surface area contributed by atoms with Crippen LogP contribution in [-0.2, 0) is 0 Å². The topological polar surface area (TPSA) is 126 Å².